The van der Waals surface area contributed by atoms with Gasteiger partial charge in [0.1, 0.15) is 0 Å². The van der Waals surface area contributed by atoms with Crippen LogP contribution < -0.4 is 0 Å². The van der Waals surface area contributed by atoms with Gasteiger partial charge in [0.2, 0.25) is 0 Å². The van der Waals surface area contributed by atoms with Crippen molar-refractivity contribution >= 4 is 27.4 Å². The fraction of sp³-hybridized carbons (Fsp3) is 0.250. The van der Waals surface area contributed by atoms with Crippen LogP contribution in [0.5, 0.6) is 0 Å². The van der Waals surface area contributed by atoms with Crippen molar-refractivity contribution in [3.63, 3.8) is 0 Å². The smallest absolute Gasteiger partial charge is 0.335 e. The molecule has 2 rings (SSSR count). The molecule has 4 heteroatoms. The monoisotopic (exact) mass is 235 g/mol. The Morgan fingerprint density at radius 1 is 1.44 bits per heavy atom. The molecule has 1 heterocycles. The van der Waals surface area contributed by atoms with E-state index in [1.54, 1.807) is 23.5 Å². The summed E-state index contributed by atoms with van der Waals surface area (Å²) in [5.74, 6) is -0.871. The minimum Gasteiger partial charge on any atom is -0.478 e. The highest BCUT2D eigenvalue weighted by molar-refractivity contribution is 7.17. The van der Waals surface area contributed by atoms with Crippen LogP contribution in [0.1, 0.15) is 15.9 Å². The Bertz CT molecular complexity index is 531. The number of carbonyl (C=O) groups is 1. The molecule has 0 spiro atoms. The summed E-state index contributed by atoms with van der Waals surface area (Å²) in [5.41, 5.74) is 1.60. The van der Waals surface area contributed by atoms with Gasteiger partial charge in [0.05, 0.1) is 5.56 Å². The summed E-state index contributed by atoms with van der Waals surface area (Å²) in [5, 5.41) is 12.1. The first-order chi connectivity index (χ1) is 7.58. The van der Waals surface area contributed by atoms with Gasteiger partial charge in [0, 0.05) is 11.2 Å². The van der Waals surface area contributed by atoms with Crippen molar-refractivity contribution in [2.75, 3.05) is 14.1 Å². The number of hydrogen-bond donors (Lipinski definition) is 1. The first-order valence-electron chi connectivity index (χ1n) is 4.96. The minimum atomic E-state index is -0.871. The number of hydrogen-bond acceptors (Lipinski definition) is 3. The van der Waals surface area contributed by atoms with Gasteiger partial charge < -0.3 is 10.0 Å². The minimum absolute atomic E-state index is 0.353. The molecule has 0 aliphatic rings. The second-order valence-corrected chi connectivity index (χ2v) is 4.93. The lowest BCUT2D eigenvalue weighted by atomic mass is 10.1. The quantitative estimate of drug-likeness (QED) is 0.889. The molecule has 0 fully saturated rings. The summed E-state index contributed by atoms with van der Waals surface area (Å²) in [6.07, 6.45) is 0. The molecule has 0 aliphatic heterocycles. The molecule has 0 saturated heterocycles. The molecule has 0 bridgehead atoms. The Balaban J connectivity index is 2.46. The zero-order valence-electron chi connectivity index (χ0n) is 9.23. The number of aromatic carboxylic acids is 1. The Hall–Kier alpha value is -1.39. The van der Waals surface area contributed by atoms with Crippen molar-refractivity contribution in [2.24, 2.45) is 0 Å². The van der Waals surface area contributed by atoms with Gasteiger partial charge in [-0.25, -0.2) is 4.79 Å². The molecule has 16 heavy (non-hydrogen) atoms. The van der Waals surface area contributed by atoms with Gasteiger partial charge in [-0.05, 0) is 42.6 Å². The molecule has 0 saturated carbocycles. The molecular weight excluding hydrogens is 222 g/mol. The van der Waals surface area contributed by atoms with E-state index in [-0.39, 0.29) is 0 Å². The Morgan fingerprint density at radius 3 is 2.81 bits per heavy atom. The largest absolute Gasteiger partial charge is 0.478 e. The standard InChI is InChI=1S/C12H13NO2S/c1-13(2)6-9-7-16-11-5-8(12(14)15)3-4-10(9)11/h3-5,7H,6H2,1-2H3,(H,14,15). The van der Waals surface area contributed by atoms with Crippen molar-refractivity contribution in [3.8, 4) is 0 Å². The first-order valence-corrected chi connectivity index (χ1v) is 5.84. The van der Waals surface area contributed by atoms with Crippen LogP contribution in [0.4, 0.5) is 0 Å². The molecule has 0 atom stereocenters. The fourth-order valence-corrected chi connectivity index (χ4v) is 2.67. The van der Waals surface area contributed by atoms with Gasteiger partial charge in [-0.3, -0.25) is 0 Å². The van der Waals surface area contributed by atoms with Gasteiger partial charge in [-0.2, -0.15) is 0 Å². The molecule has 2 aromatic rings. The van der Waals surface area contributed by atoms with Crippen LogP contribution in [-0.4, -0.2) is 30.1 Å². The lowest BCUT2D eigenvalue weighted by molar-refractivity contribution is 0.0697. The van der Waals surface area contributed by atoms with E-state index in [0.29, 0.717) is 5.56 Å². The predicted octanol–water partition coefficient (Wildman–Crippen LogP) is 2.66. The van der Waals surface area contributed by atoms with Gasteiger partial charge in [-0.1, -0.05) is 6.07 Å². The Kier molecular flexibility index (Phi) is 2.94. The summed E-state index contributed by atoms with van der Waals surface area (Å²) in [6.45, 7) is 0.881. The second-order valence-electron chi connectivity index (χ2n) is 4.01. The van der Waals surface area contributed by atoms with E-state index >= 15 is 0 Å². The molecule has 84 valence electrons. The van der Waals surface area contributed by atoms with Crippen LogP contribution in [0.15, 0.2) is 23.6 Å². The highest BCUT2D eigenvalue weighted by atomic mass is 32.1. The highest BCUT2D eigenvalue weighted by Crippen LogP contribution is 2.27. The van der Waals surface area contributed by atoms with Crippen LogP contribution in [0.2, 0.25) is 0 Å². The molecule has 1 N–H and O–H groups in total. The van der Waals surface area contributed by atoms with E-state index in [9.17, 15) is 4.79 Å². The molecule has 0 radical (unpaired) electrons. The average molecular weight is 235 g/mol. The number of rotatable bonds is 3. The van der Waals surface area contributed by atoms with Crippen LogP contribution >= 0.6 is 11.3 Å². The number of carboxylic acid groups (broad SMARTS) is 1. The van der Waals surface area contributed by atoms with E-state index in [0.717, 1.165) is 16.6 Å². The van der Waals surface area contributed by atoms with Crippen molar-refractivity contribution in [1.29, 1.82) is 0 Å². The highest BCUT2D eigenvalue weighted by Gasteiger charge is 2.08. The Morgan fingerprint density at radius 2 is 2.19 bits per heavy atom. The number of benzene rings is 1. The third kappa shape index (κ3) is 2.08. The third-order valence-corrected chi connectivity index (χ3v) is 3.38. The number of fused-ring (bicyclic) bond motifs is 1. The Labute approximate surface area is 97.9 Å². The molecular formula is C12H13NO2S. The maximum atomic E-state index is 10.8. The van der Waals surface area contributed by atoms with E-state index < -0.39 is 5.97 Å². The lowest BCUT2D eigenvalue weighted by Crippen LogP contribution is -2.09. The first kappa shape index (κ1) is 11.1. The average Bonchev–Trinajstić information content (AvgIpc) is 2.60. The van der Waals surface area contributed by atoms with Crippen molar-refractivity contribution in [2.45, 2.75) is 6.54 Å². The van der Waals surface area contributed by atoms with E-state index in [1.807, 2.05) is 20.2 Å². The van der Waals surface area contributed by atoms with E-state index in [1.165, 1.54) is 5.56 Å². The molecule has 0 amide bonds. The van der Waals surface area contributed by atoms with Gasteiger partial charge >= 0.3 is 5.97 Å². The molecule has 0 unspecified atom stereocenters. The summed E-state index contributed by atoms with van der Waals surface area (Å²) in [6, 6.07) is 5.30. The number of nitrogens with zero attached hydrogens (tertiary/aromatic N) is 1. The predicted molar refractivity (Wildman–Crippen MR) is 66.2 cm³/mol. The molecule has 1 aromatic heterocycles. The van der Waals surface area contributed by atoms with E-state index in [4.69, 9.17) is 5.11 Å². The lowest BCUT2D eigenvalue weighted by Gasteiger charge is -2.08. The van der Waals surface area contributed by atoms with Gasteiger partial charge in [0.25, 0.3) is 0 Å². The zero-order valence-corrected chi connectivity index (χ0v) is 10.0. The number of carboxylic acids is 1. The molecule has 3 nitrogen and oxygen atoms in total. The van der Waals surface area contributed by atoms with Crippen molar-refractivity contribution < 1.29 is 9.90 Å². The van der Waals surface area contributed by atoms with Crippen LogP contribution in [0, 0.1) is 0 Å². The van der Waals surface area contributed by atoms with Crippen LogP contribution in [-0.2, 0) is 6.54 Å². The third-order valence-electron chi connectivity index (χ3n) is 2.39. The van der Waals surface area contributed by atoms with Crippen molar-refractivity contribution in [1.82, 2.24) is 4.90 Å². The van der Waals surface area contributed by atoms with Crippen molar-refractivity contribution in [3.05, 3.63) is 34.7 Å². The summed E-state index contributed by atoms with van der Waals surface area (Å²) < 4.78 is 1.04. The SMILES string of the molecule is CN(C)Cc1csc2cc(C(=O)O)ccc12. The maximum absolute atomic E-state index is 10.8. The molecule has 1 aromatic carbocycles. The summed E-state index contributed by atoms with van der Waals surface area (Å²) >= 11 is 1.60. The normalized spacial score (nSPS) is 11.2. The fourth-order valence-electron chi connectivity index (χ4n) is 1.68. The van der Waals surface area contributed by atoms with Crippen LogP contribution in [0.3, 0.4) is 0 Å². The summed E-state index contributed by atoms with van der Waals surface area (Å²) in [7, 11) is 4.05. The van der Waals surface area contributed by atoms with E-state index in [2.05, 4.69) is 10.3 Å². The second kappa shape index (κ2) is 4.23. The topological polar surface area (TPSA) is 40.5 Å². The maximum Gasteiger partial charge on any atom is 0.335 e. The zero-order chi connectivity index (χ0) is 11.7. The van der Waals surface area contributed by atoms with Gasteiger partial charge in [0.15, 0.2) is 0 Å². The van der Waals surface area contributed by atoms with Crippen LogP contribution in [0.25, 0.3) is 10.1 Å². The van der Waals surface area contributed by atoms with Gasteiger partial charge in [-0.15, -0.1) is 11.3 Å². The number of thiophene rings is 1. The summed E-state index contributed by atoms with van der Waals surface area (Å²) in [4.78, 5) is 12.9. The molecule has 0 aliphatic carbocycles.